The van der Waals surface area contributed by atoms with Gasteiger partial charge in [-0.1, -0.05) is 0 Å². The molecule has 1 saturated heterocycles. The molecule has 0 bridgehead atoms. The molecular weight excluding hydrogens is 222 g/mol. The monoisotopic (exact) mass is 241 g/mol. The van der Waals surface area contributed by atoms with Crippen LogP contribution in [-0.4, -0.2) is 47.2 Å². The third-order valence-electron chi connectivity index (χ3n) is 3.38. The lowest BCUT2D eigenvalue weighted by molar-refractivity contribution is -0.140. The van der Waals surface area contributed by atoms with Crippen LogP contribution < -0.4 is 0 Å². The van der Waals surface area contributed by atoms with Gasteiger partial charge >= 0.3 is 5.97 Å². The van der Waals surface area contributed by atoms with Crippen molar-refractivity contribution in [1.29, 1.82) is 0 Å². The van der Waals surface area contributed by atoms with Gasteiger partial charge < -0.3 is 14.7 Å². The second kappa shape index (κ2) is 5.04. The predicted molar refractivity (Wildman–Crippen MR) is 60.5 cm³/mol. The highest BCUT2D eigenvalue weighted by Crippen LogP contribution is 2.30. The van der Waals surface area contributed by atoms with Gasteiger partial charge in [0.05, 0.1) is 25.0 Å². The summed E-state index contributed by atoms with van der Waals surface area (Å²) in [6, 6.07) is 0.276. The Labute approximate surface area is 101 Å². The van der Waals surface area contributed by atoms with E-state index in [9.17, 15) is 9.59 Å². The van der Waals surface area contributed by atoms with Crippen molar-refractivity contribution in [1.82, 2.24) is 4.90 Å². The third kappa shape index (κ3) is 3.19. The summed E-state index contributed by atoms with van der Waals surface area (Å²) in [5.74, 6) is -0.836. The Morgan fingerprint density at radius 3 is 2.59 bits per heavy atom. The molecule has 2 fully saturated rings. The smallest absolute Gasteiger partial charge is 0.305 e. The molecule has 0 aromatic rings. The quantitative estimate of drug-likeness (QED) is 0.775. The zero-order chi connectivity index (χ0) is 12.4. The number of hydrogen-bond donors (Lipinski definition) is 1. The maximum atomic E-state index is 12.2. The number of hydrogen-bond acceptors (Lipinski definition) is 3. The van der Waals surface area contributed by atoms with Crippen molar-refractivity contribution in [3.8, 4) is 0 Å². The number of nitrogens with zero attached hydrogens (tertiary/aromatic N) is 1. The van der Waals surface area contributed by atoms with Gasteiger partial charge in [-0.25, -0.2) is 0 Å². The summed E-state index contributed by atoms with van der Waals surface area (Å²) in [6.45, 7) is 2.78. The van der Waals surface area contributed by atoms with Crippen molar-refractivity contribution in [2.24, 2.45) is 5.92 Å². The number of ether oxygens (including phenoxy) is 1. The molecule has 96 valence electrons. The molecule has 5 heteroatoms. The summed E-state index contributed by atoms with van der Waals surface area (Å²) in [7, 11) is 0. The van der Waals surface area contributed by atoms with Gasteiger partial charge in [0, 0.05) is 12.6 Å². The van der Waals surface area contributed by atoms with Gasteiger partial charge in [-0.3, -0.25) is 9.59 Å². The third-order valence-corrected chi connectivity index (χ3v) is 3.38. The van der Waals surface area contributed by atoms with Crippen molar-refractivity contribution >= 4 is 11.9 Å². The maximum absolute atomic E-state index is 12.2. The zero-order valence-electron chi connectivity index (χ0n) is 10.1. The van der Waals surface area contributed by atoms with E-state index >= 15 is 0 Å². The lowest BCUT2D eigenvalue weighted by Gasteiger charge is -2.24. The normalized spacial score (nSPS) is 28.1. The van der Waals surface area contributed by atoms with E-state index in [0.29, 0.717) is 13.2 Å². The van der Waals surface area contributed by atoms with Crippen LogP contribution in [0.5, 0.6) is 0 Å². The van der Waals surface area contributed by atoms with Crippen LogP contribution in [0.25, 0.3) is 0 Å². The molecule has 2 rings (SSSR count). The Morgan fingerprint density at radius 1 is 1.41 bits per heavy atom. The van der Waals surface area contributed by atoms with Crippen LogP contribution in [0.1, 0.15) is 32.6 Å². The van der Waals surface area contributed by atoms with Gasteiger partial charge in [0.2, 0.25) is 5.91 Å². The summed E-state index contributed by atoms with van der Waals surface area (Å²) in [5.41, 5.74) is 0. The molecule has 1 aliphatic carbocycles. The molecule has 0 radical (unpaired) electrons. The lowest BCUT2D eigenvalue weighted by atomic mass is 10.0. The minimum Gasteiger partial charge on any atom is -0.481 e. The highest BCUT2D eigenvalue weighted by Gasteiger charge is 2.38. The summed E-state index contributed by atoms with van der Waals surface area (Å²) >= 11 is 0. The average molecular weight is 241 g/mol. The topological polar surface area (TPSA) is 66.8 Å². The number of aliphatic carboxylic acids is 1. The second-order valence-electron chi connectivity index (χ2n) is 4.98. The predicted octanol–water partition coefficient (Wildman–Crippen LogP) is 0.877. The number of carbonyl (C=O) groups is 2. The number of amides is 1. The van der Waals surface area contributed by atoms with Crippen LogP contribution in [-0.2, 0) is 14.3 Å². The summed E-state index contributed by atoms with van der Waals surface area (Å²) < 4.78 is 5.40. The van der Waals surface area contributed by atoms with Crippen LogP contribution in [0.3, 0.4) is 0 Å². The maximum Gasteiger partial charge on any atom is 0.305 e. The van der Waals surface area contributed by atoms with Crippen molar-refractivity contribution in [2.75, 3.05) is 13.2 Å². The van der Waals surface area contributed by atoms with E-state index in [-0.39, 0.29) is 30.4 Å². The molecule has 1 aliphatic heterocycles. The lowest BCUT2D eigenvalue weighted by Crippen LogP contribution is -2.39. The van der Waals surface area contributed by atoms with Crippen molar-refractivity contribution in [2.45, 2.75) is 44.8 Å². The molecule has 5 nitrogen and oxygen atoms in total. The Bertz CT molecular complexity index is 314. The molecule has 0 aromatic carbocycles. The first-order valence-electron chi connectivity index (χ1n) is 6.22. The van der Waals surface area contributed by atoms with Crippen molar-refractivity contribution in [3.63, 3.8) is 0 Å². The summed E-state index contributed by atoms with van der Waals surface area (Å²) in [6.07, 6.45) is 2.95. The Balaban J connectivity index is 1.90. The summed E-state index contributed by atoms with van der Waals surface area (Å²) in [4.78, 5) is 24.6. The molecule has 17 heavy (non-hydrogen) atoms. The molecule has 1 heterocycles. The number of carbonyl (C=O) groups excluding carboxylic acids is 1. The number of carboxylic acids is 1. The van der Waals surface area contributed by atoms with E-state index in [0.717, 1.165) is 19.3 Å². The van der Waals surface area contributed by atoms with Gasteiger partial charge in [0.25, 0.3) is 0 Å². The number of rotatable bonds is 5. The first-order chi connectivity index (χ1) is 8.08. The highest BCUT2D eigenvalue weighted by atomic mass is 16.5. The Morgan fingerprint density at radius 2 is 2.12 bits per heavy atom. The molecule has 0 aromatic heterocycles. The van der Waals surface area contributed by atoms with E-state index in [4.69, 9.17) is 9.84 Å². The van der Waals surface area contributed by atoms with Crippen LogP contribution in [0.2, 0.25) is 0 Å². The molecular formula is C12H19NO4. The minimum absolute atomic E-state index is 0.0331. The van der Waals surface area contributed by atoms with E-state index in [2.05, 4.69) is 0 Å². The van der Waals surface area contributed by atoms with Crippen LogP contribution in [0.15, 0.2) is 0 Å². The van der Waals surface area contributed by atoms with Crippen LogP contribution >= 0.6 is 0 Å². The van der Waals surface area contributed by atoms with Gasteiger partial charge in [-0.2, -0.15) is 0 Å². The molecule has 2 unspecified atom stereocenters. The fourth-order valence-corrected chi connectivity index (χ4v) is 2.30. The highest BCUT2D eigenvalue weighted by molar-refractivity contribution is 5.80. The van der Waals surface area contributed by atoms with Gasteiger partial charge in [-0.15, -0.1) is 0 Å². The SMILES string of the molecule is CC1CC(C(=O)N(CCC(=O)O)C2CC2)CO1. The van der Waals surface area contributed by atoms with Gasteiger partial charge in [-0.05, 0) is 26.2 Å². The zero-order valence-corrected chi connectivity index (χ0v) is 10.1. The van der Waals surface area contributed by atoms with Crippen LogP contribution in [0.4, 0.5) is 0 Å². The average Bonchev–Trinajstić information content (AvgIpc) is 3.00. The van der Waals surface area contributed by atoms with Crippen molar-refractivity contribution in [3.05, 3.63) is 0 Å². The second-order valence-corrected chi connectivity index (χ2v) is 4.98. The first-order valence-corrected chi connectivity index (χ1v) is 6.22. The Kier molecular flexibility index (Phi) is 3.66. The van der Waals surface area contributed by atoms with E-state index < -0.39 is 5.97 Å². The van der Waals surface area contributed by atoms with E-state index in [1.165, 1.54) is 0 Å². The fraction of sp³-hybridized carbons (Fsp3) is 0.833. The van der Waals surface area contributed by atoms with Gasteiger partial charge in [0.1, 0.15) is 0 Å². The Hall–Kier alpha value is -1.10. The number of carboxylic acid groups (broad SMARTS) is 1. The minimum atomic E-state index is -0.848. The molecule has 2 aliphatic rings. The van der Waals surface area contributed by atoms with Crippen molar-refractivity contribution < 1.29 is 19.4 Å². The molecule has 1 amide bonds. The molecule has 1 N–H and O–H groups in total. The fourth-order valence-electron chi connectivity index (χ4n) is 2.30. The standard InChI is InChI=1S/C12H19NO4/c1-8-6-9(7-17-8)12(16)13(10-2-3-10)5-4-11(14)15/h8-10H,2-7H2,1H3,(H,14,15). The van der Waals surface area contributed by atoms with Crippen LogP contribution in [0, 0.1) is 5.92 Å². The molecule has 0 spiro atoms. The van der Waals surface area contributed by atoms with Gasteiger partial charge in [0.15, 0.2) is 0 Å². The summed E-state index contributed by atoms with van der Waals surface area (Å²) in [5, 5.41) is 8.69. The molecule has 1 saturated carbocycles. The molecule has 2 atom stereocenters. The van der Waals surface area contributed by atoms with E-state index in [1.54, 1.807) is 4.90 Å². The first kappa shape index (κ1) is 12.4. The van der Waals surface area contributed by atoms with E-state index in [1.807, 2.05) is 6.92 Å². The largest absolute Gasteiger partial charge is 0.481 e.